The van der Waals surface area contributed by atoms with Gasteiger partial charge in [0.1, 0.15) is 9.83 Å². The fourth-order valence-electron chi connectivity index (χ4n) is 4.15. The Morgan fingerprint density at radius 2 is 1.40 bits per heavy atom. The van der Waals surface area contributed by atoms with E-state index in [1.165, 1.54) is 27.5 Å². The summed E-state index contributed by atoms with van der Waals surface area (Å²) in [6, 6.07) is 34.6. The summed E-state index contributed by atoms with van der Waals surface area (Å²) in [5, 5.41) is 2.41. The van der Waals surface area contributed by atoms with Crippen LogP contribution in [0.2, 0.25) is 0 Å². The third kappa shape index (κ3) is 5.75. The van der Waals surface area contributed by atoms with Crippen molar-refractivity contribution in [3.63, 3.8) is 0 Å². The van der Waals surface area contributed by atoms with Crippen LogP contribution in [0.5, 0.6) is 5.75 Å². The molecule has 5 rings (SSSR count). The Kier molecular flexibility index (Phi) is 7.45. The third-order valence-corrected chi connectivity index (χ3v) is 9.39. The molecule has 5 heteroatoms. The van der Waals surface area contributed by atoms with E-state index in [0.29, 0.717) is 0 Å². The van der Waals surface area contributed by atoms with Crippen molar-refractivity contribution in [2.75, 3.05) is 7.11 Å². The van der Waals surface area contributed by atoms with Crippen LogP contribution in [0.4, 0.5) is 0 Å². The Hall–Kier alpha value is -3.15. The Balaban J connectivity index is 1.57. The van der Waals surface area contributed by atoms with Crippen LogP contribution in [0.3, 0.4) is 0 Å². The molecule has 0 N–H and O–H groups in total. The summed E-state index contributed by atoms with van der Waals surface area (Å²) in [7, 11) is 1.71. The highest BCUT2D eigenvalue weighted by Gasteiger charge is 2.34. The van der Waals surface area contributed by atoms with Crippen molar-refractivity contribution in [2.24, 2.45) is 0 Å². The number of aromatic nitrogens is 2. The second kappa shape index (κ2) is 11.1. The number of hydrogen-bond acceptors (Lipinski definition) is 4. The van der Waals surface area contributed by atoms with Gasteiger partial charge in [-0.2, -0.15) is 0 Å². The first kappa shape index (κ1) is 23.6. The highest BCUT2D eigenvalue weighted by Crippen LogP contribution is 2.51. The molecule has 1 aromatic heterocycles. The number of ether oxygens (including phenoxy) is 1. The van der Waals surface area contributed by atoms with Crippen LogP contribution in [-0.2, 0) is 22.1 Å². The molecular weight excluding hydrogens is 468 g/mol. The van der Waals surface area contributed by atoms with E-state index in [1.807, 2.05) is 42.1 Å². The minimum absolute atomic E-state index is 0.208. The number of nitrogens with zero attached hydrogens (tertiary/aromatic N) is 2. The largest absolute Gasteiger partial charge is 0.497 e. The molecule has 0 spiro atoms. The Morgan fingerprint density at radius 3 is 2.00 bits per heavy atom. The molecule has 35 heavy (non-hydrogen) atoms. The van der Waals surface area contributed by atoms with Gasteiger partial charge in [-0.1, -0.05) is 78.9 Å². The fourth-order valence-corrected chi connectivity index (χ4v) is 7.09. The molecule has 0 fully saturated rings. The smallest absolute Gasteiger partial charge is 0.119 e. The maximum atomic E-state index is 5.45. The number of imidazole rings is 1. The zero-order valence-corrected chi connectivity index (χ0v) is 21.3. The van der Waals surface area contributed by atoms with E-state index >= 15 is 0 Å². The lowest BCUT2D eigenvalue weighted by Gasteiger charge is -2.34. The first-order chi connectivity index (χ1) is 17.2. The van der Waals surface area contributed by atoms with Gasteiger partial charge in [0.15, 0.2) is 0 Å². The van der Waals surface area contributed by atoms with Crippen LogP contribution in [0.25, 0.3) is 10.8 Å². The topological polar surface area (TPSA) is 27.1 Å². The van der Waals surface area contributed by atoms with Gasteiger partial charge in [-0.25, -0.2) is 4.98 Å². The average Bonchev–Trinajstić information content (AvgIpc) is 3.44. The molecule has 3 nitrogen and oxygen atoms in total. The molecule has 176 valence electrons. The molecule has 4 aromatic carbocycles. The van der Waals surface area contributed by atoms with Crippen molar-refractivity contribution in [2.45, 2.75) is 22.1 Å². The van der Waals surface area contributed by atoms with Gasteiger partial charge in [-0.3, -0.25) is 0 Å². The Bertz CT molecular complexity index is 1310. The highest BCUT2D eigenvalue weighted by atomic mass is 32.2. The molecule has 0 bridgehead atoms. The standard InChI is InChI=1S/C30H28N2OS2/c1-33-29-15-13-26-18-28(14-12-27(26)19-29)30(22-32-17-16-31-23-32,34-20-24-8-4-2-5-9-24)35-21-25-10-6-3-7-11-25/h2-19,23H,20-22H2,1H3. The van der Waals surface area contributed by atoms with E-state index in [0.717, 1.165) is 23.8 Å². The minimum Gasteiger partial charge on any atom is -0.497 e. The van der Waals surface area contributed by atoms with Gasteiger partial charge in [0.25, 0.3) is 0 Å². The van der Waals surface area contributed by atoms with Crippen molar-refractivity contribution in [1.82, 2.24) is 9.55 Å². The van der Waals surface area contributed by atoms with E-state index in [4.69, 9.17) is 4.74 Å². The van der Waals surface area contributed by atoms with Gasteiger partial charge in [0, 0.05) is 23.9 Å². The van der Waals surface area contributed by atoms with Crippen molar-refractivity contribution in [3.8, 4) is 5.75 Å². The Labute approximate surface area is 215 Å². The number of benzene rings is 4. The summed E-state index contributed by atoms with van der Waals surface area (Å²) in [5.74, 6) is 2.74. The van der Waals surface area contributed by atoms with Crippen molar-refractivity contribution in [1.29, 1.82) is 0 Å². The summed E-state index contributed by atoms with van der Waals surface area (Å²) in [5.41, 5.74) is 3.97. The van der Waals surface area contributed by atoms with Crippen LogP contribution in [0, 0.1) is 0 Å². The second-order valence-electron chi connectivity index (χ2n) is 8.46. The molecular formula is C30H28N2OS2. The number of rotatable bonds is 10. The van der Waals surface area contributed by atoms with Gasteiger partial charge in [-0.15, -0.1) is 23.5 Å². The Morgan fingerprint density at radius 1 is 0.771 bits per heavy atom. The van der Waals surface area contributed by atoms with Gasteiger partial charge >= 0.3 is 0 Å². The summed E-state index contributed by atoms with van der Waals surface area (Å²) in [6.07, 6.45) is 5.85. The predicted octanol–water partition coefficient (Wildman–Crippen LogP) is 7.76. The van der Waals surface area contributed by atoms with E-state index in [-0.39, 0.29) is 4.08 Å². The third-order valence-electron chi connectivity index (χ3n) is 6.07. The van der Waals surface area contributed by atoms with Crippen LogP contribution >= 0.6 is 23.5 Å². The summed E-state index contributed by atoms with van der Waals surface area (Å²) in [4.78, 5) is 4.34. The zero-order valence-electron chi connectivity index (χ0n) is 19.7. The molecule has 5 aromatic rings. The molecule has 0 unspecified atom stereocenters. The normalized spacial score (nSPS) is 11.6. The van der Waals surface area contributed by atoms with E-state index in [1.54, 1.807) is 7.11 Å². The lowest BCUT2D eigenvalue weighted by molar-refractivity contribution is 0.415. The molecule has 0 saturated carbocycles. The maximum Gasteiger partial charge on any atom is 0.119 e. The van der Waals surface area contributed by atoms with E-state index in [9.17, 15) is 0 Å². The van der Waals surface area contributed by atoms with E-state index in [2.05, 4.69) is 107 Å². The number of methoxy groups -OCH3 is 1. The minimum atomic E-state index is -0.208. The maximum absolute atomic E-state index is 5.45. The summed E-state index contributed by atoms with van der Waals surface area (Å²) in [6.45, 7) is 0.823. The lowest BCUT2D eigenvalue weighted by Crippen LogP contribution is -2.25. The van der Waals surface area contributed by atoms with Gasteiger partial charge in [0.05, 0.1) is 20.0 Å². The van der Waals surface area contributed by atoms with Crippen molar-refractivity contribution >= 4 is 34.3 Å². The SMILES string of the molecule is COc1ccc2cc(C(Cn3ccnc3)(SCc3ccccc3)SCc3ccccc3)ccc2c1. The molecule has 0 amide bonds. The molecule has 0 aliphatic heterocycles. The average molecular weight is 497 g/mol. The lowest BCUT2D eigenvalue weighted by atomic mass is 10.0. The van der Waals surface area contributed by atoms with Gasteiger partial charge in [-0.05, 0) is 45.7 Å². The highest BCUT2D eigenvalue weighted by molar-refractivity contribution is 8.16. The number of hydrogen-bond donors (Lipinski definition) is 0. The number of thioether (sulfide) groups is 2. The first-order valence-electron chi connectivity index (χ1n) is 11.6. The van der Waals surface area contributed by atoms with Crippen LogP contribution < -0.4 is 4.74 Å². The zero-order chi connectivity index (χ0) is 23.9. The molecule has 0 radical (unpaired) electrons. The number of fused-ring (bicyclic) bond motifs is 1. The van der Waals surface area contributed by atoms with Crippen LogP contribution in [0.15, 0.2) is 116 Å². The molecule has 0 atom stereocenters. The predicted molar refractivity (Wildman–Crippen MR) is 150 cm³/mol. The molecule has 0 aliphatic carbocycles. The van der Waals surface area contributed by atoms with Crippen molar-refractivity contribution < 1.29 is 4.74 Å². The van der Waals surface area contributed by atoms with Crippen molar-refractivity contribution in [3.05, 3.63) is 132 Å². The molecule has 0 aliphatic rings. The first-order valence-corrected chi connectivity index (χ1v) is 13.6. The second-order valence-corrected chi connectivity index (χ2v) is 11.3. The van der Waals surface area contributed by atoms with Gasteiger partial charge < -0.3 is 9.30 Å². The van der Waals surface area contributed by atoms with Crippen LogP contribution in [-0.4, -0.2) is 16.7 Å². The van der Waals surface area contributed by atoms with Gasteiger partial charge in [0.2, 0.25) is 0 Å². The summed E-state index contributed by atoms with van der Waals surface area (Å²) < 4.78 is 7.44. The van der Waals surface area contributed by atoms with E-state index < -0.39 is 0 Å². The quantitative estimate of drug-likeness (QED) is 0.185. The van der Waals surface area contributed by atoms with Crippen LogP contribution in [0.1, 0.15) is 16.7 Å². The monoisotopic (exact) mass is 496 g/mol. The molecule has 1 heterocycles. The fraction of sp³-hybridized carbons (Fsp3) is 0.167. The molecule has 0 saturated heterocycles. The summed E-state index contributed by atoms with van der Waals surface area (Å²) >= 11 is 4.00.